The van der Waals surface area contributed by atoms with E-state index in [-0.39, 0.29) is 30.3 Å². The quantitative estimate of drug-likeness (QED) is 0.876. The first-order valence-corrected chi connectivity index (χ1v) is 7.69. The van der Waals surface area contributed by atoms with Crippen molar-refractivity contribution in [2.45, 2.75) is 39.2 Å². The number of nitrogens with one attached hydrogen (secondary N) is 1. The van der Waals surface area contributed by atoms with Gasteiger partial charge in [0, 0.05) is 5.92 Å². The minimum atomic E-state index is 0. The summed E-state index contributed by atoms with van der Waals surface area (Å²) < 4.78 is 0. The van der Waals surface area contributed by atoms with Gasteiger partial charge in [-0.3, -0.25) is 4.79 Å². The molecule has 2 rings (SSSR count). The first-order valence-electron chi connectivity index (χ1n) is 7.69. The molecule has 0 aliphatic heterocycles. The third-order valence-corrected chi connectivity index (χ3v) is 4.42. The Hall–Kier alpha value is -1.06. The van der Waals surface area contributed by atoms with Crippen molar-refractivity contribution < 1.29 is 4.79 Å². The molecule has 0 spiro atoms. The van der Waals surface area contributed by atoms with E-state index in [0.717, 1.165) is 19.3 Å². The van der Waals surface area contributed by atoms with Gasteiger partial charge in [0.15, 0.2) is 0 Å². The predicted octanol–water partition coefficient (Wildman–Crippen LogP) is 3.30. The molecular formula is C17H27ClN2O. The van der Waals surface area contributed by atoms with Crippen LogP contribution in [-0.2, 0) is 4.79 Å². The zero-order valence-corrected chi connectivity index (χ0v) is 13.7. The molecule has 1 unspecified atom stereocenters. The molecule has 0 saturated heterocycles. The van der Waals surface area contributed by atoms with Gasteiger partial charge in [-0.15, -0.1) is 12.4 Å². The Morgan fingerprint density at radius 3 is 2.52 bits per heavy atom. The van der Waals surface area contributed by atoms with Gasteiger partial charge in [-0.05, 0) is 36.8 Å². The van der Waals surface area contributed by atoms with Gasteiger partial charge in [-0.2, -0.15) is 0 Å². The zero-order chi connectivity index (χ0) is 14.5. The van der Waals surface area contributed by atoms with Crippen LogP contribution >= 0.6 is 12.4 Å². The monoisotopic (exact) mass is 310 g/mol. The fourth-order valence-corrected chi connectivity index (χ4v) is 3.22. The number of benzene rings is 1. The van der Waals surface area contributed by atoms with E-state index in [1.165, 1.54) is 5.56 Å². The van der Waals surface area contributed by atoms with Gasteiger partial charge in [0.2, 0.25) is 5.91 Å². The van der Waals surface area contributed by atoms with E-state index < -0.39 is 0 Å². The summed E-state index contributed by atoms with van der Waals surface area (Å²) >= 11 is 0. The molecule has 3 atom stereocenters. The largest absolute Gasteiger partial charge is 0.349 e. The summed E-state index contributed by atoms with van der Waals surface area (Å²) in [5.41, 5.74) is 6.96. The lowest BCUT2D eigenvalue weighted by molar-refractivity contribution is -0.127. The molecule has 1 aliphatic carbocycles. The third kappa shape index (κ3) is 4.45. The lowest BCUT2D eigenvalue weighted by Crippen LogP contribution is -2.39. The summed E-state index contributed by atoms with van der Waals surface area (Å²) in [5, 5.41) is 3.24. The lowest BCUT2D eigenvalue weighted by Gasteiger charge is -2.26. The highest BCUT2D eigenvalue weighted by Crippen LogP contribution is 2.32. The predicted molar refractivity (Wildman–Crippen MR) is 89.3 cm³/mol. The Bertz CT molecular complexity index is 436. The summed E-state index contributed by atoms with van der Waals surface area (Å²) in [4.78, 5) is 12.5. The van der Waals surface area contributed by atoms with Crippen molar-refractivity contribution in [2.75, 3.05) is 6.54 Å². The Labute approximate surface area is 134 Å². The number of nitrogens with two attached hydrogens (primary N) is 1. The van der Waals surface area contributed by atoms with Crippen LogP contribution in [0.1, 0.15) is 44.7 Å². The van der Waals surface area contributed by atoms with Crippen molar-refractivity contribution in [3.05, 3.63) is 35.9 Å². The molecule has 1 aromatic carbocycles. The van der Waals surface area contributed by atoms with Crippen molar-refractivity contribution in [2.24, 2.45) is 23.5 Å². The molecule has 118 valence electrons. The molecule has 4 heteroatoms. The van der Waals surface area contributed by atoms with E-state index in [9.17, 15) is 4.79 Å². The van der Waals surface area contributed by atoms with Crippen LogP contribution in [0.5, 0.6) is 0 Å². The van der Waals surface area contributed by atoms with Crippen molar-refractivity contribution >= 4 is 18.3 Å². The van der Waals surface area contributed by atoms with Crippen molar-refractivity contribution in [3.8, 4) is 0 Å². The Morgan fingerprint density at radius 2 is 1.95 bits per heavy atom. The molecule has 0 radical (unpaired) electrons. The first-order chi connectivity index (χ1) is 9.63. The van der Waals surface area contributed by atoms with E-state index in [0.29, 0.717) is 18.4 Å². The van der Waals surface area contributed by atoms with E-state index in [4.69, 9.17) is 5.73 Å². The number of carbonyl (C=O) groups is 1. The van der Waals surface area contributed by atoms with Crippen molar-refractivity contribution in [1.82, 2.24) is 5.32 Å². The van der Waals surface area contributed by atoms with E-state index in [1.807, 2.05) is 18.2 Å². The fraction of sp³-hybridized carbons (Fsp3) is 0.588. The minimum Gasteiger partial charge on any atom is -0.349 e. The van der Waals surface area contributed by atoms with Gasteiger partial charge in [0.25, 0.3) is 0 Å². The van der Waals surface area contributed by atoms with Crippen LogP contribution in [0.2, 0.25) is 0 Å². The first kappa shape index (κ1) is 18.0. The van der Waals surface area contributed by atoms with E-state index in [1.54, 1.807) is 0 Å². The van der Waals surface area contributed by atoms with Crippen LogP contribution in [0.15, 0.2) is 30.3 Å². The highest BCUT2D eigenvalue weighted by atomic mass is 35.5. The van der Waals surface area contributed by atoms with Gasteiger partial charge < -0.3 is 11.1 Å². The molecule has 21 heavy (non-hydrogen) atoms. The summed E-state index contributed by atoms with van der Waals surface area (Å²) in [7, 11) is 0. The Kier molecular flexibility index (Phi) is 7.20. The molecule has 1 fully saturated rings. The number of halogens is 1. The van der Waals surface area contributed by atoms with Gasteiger partial charge in [-0.25, -0.2) is 0 Å². The highest BCUT2D eigenvalue weighted by molar-refractivity contribution is 5.85. The lowest BCUT2D eigenvalue weighted by atomic mass is 9.92. The standard InChI is InChI=1S/C17H26N2O.ClH/c1-12(2)16(13-7-4-3-5-8-13)19-17(20)15-10-6-9-14(15)11-18;/h3-5,7-8,12,14-16H,6,9-11,18H2,1-2H3,(H,19,20);1H/t14-,15-,16?;/m1./s1. The average Bonchev–Trinajstić information content (AvgIpc) is 2.93. The number of hydrogen-bond acceptors (Lipinski definition) is 2. The molecular weight excluding hydrogens is 284 g/mol. The maximum absolute atomic E-state index is 12.5. The molecule has 3 nitrogen and oxygen atoms in total. The van der Waals surface area contributed by atoms with Gasteiger partial charge in [0.1, 0.15) is 0 Å². The van der Waals surface area contributed by atoms with Gasteiger partial charge >= 0.3 is 0 Å². The third-order valence-electron chi connectivity index (χ3n) is 4.42. The van der Waals surface area contributed by atoms with Crippen LogP contribution in [0.4, 0.5) is 0 Å². The Balaban J connectivity index is 0.00000220. The molecule has 0 heterocycles. The Morgan fingerprint density at radius 1 is 1.29 bits per heavy atom. The summed E-state index contributed by atoms with van der Waals surface area (Å²) in [6.07, 6.45) is 3.19. The second-order valence-corrected chi connectivity index (χ2v) is 6.17. The van der Waals surface area contributed by atoms with Crippen LogP contribution in [0, 0.1) is 17.8 Å². The minimum absolute atomic E-state index is 0. The second kappa shape index (κ2) is 8.40. The normalized spacial score (nSPS) is 22.7. The number of amides is 1. The fourth-order valence-electron chi connectivity index (χ4n) is 3.22. The molecule has 1 amide bonds. The molecule has 0 bridgehead atoms. The molecule has 1 aromatic rings. The number of rotatable bonds is 5. The van der Waals surface area contributed by atoms with Crippen LogP contribution in [-0.4, -0.2) is 12.5 Å². The SMILES string of the molecule is CC(C)C(NC(=O)[C@@H]1CCC[C@@H]1CN)c1ccccc1.Cl. The van der Waals surface area contributed by atoms with Crippen LogP contribution in [0.3, 0.4) is 0 Å². The highest BCUT2D eigenvalue weighted by Gasteiger charge is 2.33. The van der Waals surface area contributed by atoms with Gasteiger partial charge in [-0.1, -0.05) is 50.6 Å². The smallest absolute Gasteiger partial charge is 0.223 e. The number of hydrogen-bond donors (Lipinski definition) is 2. The maximum atomic E-state index is 12.5. The number of carbonyl (C=O) groups excluding carboxylic acids is 1. The molecule has 1 aliphatic rings. The second-order valence-electron chi connectivity index (χ2n) is 6.17. The molecule has 0 aromatic heterocycles. The maximum Gasteiger partial charge on any atom is 0.223 e. The van der Waals surface area contributed by atoms with Crippen molar-refractivity contribution in [1.29, 1.82) is 0 Å². The van der Waals surface area contributed by atoms with E-state index >= 15 is 0 Å². The van der Waals surface area contributed by atoms with Crippen molar-refractivity contribution in [3.63, 3.8) is 0 Å². The average molecular weight is 311 g/mol. The van der Waals surface area contributed by atoms with E-state index in [2.05, 4.69) is 31.3 Å². The summed E-state index contributed by atoms with van der Waals surface area (Å²) in [6, 6.07) is 10.3. The van der Waals surface area contributed by atoms with Gasteiger partial charge in [0.05, 0.1) is 6.04 Å². The summed E-state index contributed by atoms with van der Waals surface area (Å²) in [6.45, 7) is 4.91. The summed E-state index contributed by atoms with van der Waals surface area (Å²) in [5.74, 6) is 1.02. The zero-order valence-electron chi connectivity index (χ0n) is 12.9. The van der Waals surface area contributed by atoms with Crippen LogP contribution in [0.25, 0.3) is 0 Å². The molecule has 1 saturated carbocycles. The van der Waals surface area contributed by atoms with Crippen LogP contribution < -0.4 is 11.1 Å². The topological polar surface area (TPSA) is 55.1 Å². The molecule has 3 N–H and O–H groups in total.